The van der Waals surface area contributed by atoms with E-state index in [1.807, 2.05) is 42.8 Å². The summed E-state index contributed by atoms with van der Waals surface area (Å²) in [5.41, 5.74) is 2.53. The number of aromatic nitrogens is 3. The fourth-order valence-corrected chi connectivity index (χ4v) is 2.17. The standard InChI is InChI=1S/C13H10N4O/c1-8-3-4-11-10(5-8)13(18)17-12(16(11)2)6-9(7-14)15-17/h3-6H,1-2H3. The molecule has 0 saturated carbocycles. The topological polar surface area (TPSA) is 63.1 Å². The van der Waals surface area contributed by atoms with Gasteiger partial charge in [0.15, 0.2) is 5.69 Å². The summed E-state index contributed by atoms with van der Waals surface area (Å²) in [5.74, 6) is 0. The molecule has 2 aromatic heterocycles. The molecular weight excluding hydrogens is 228 g/mol. The molecule has 0 unspecified atom stereocenters. The smallest absolute Gasteiger partial charge is 0.282 e. The molecular formula is C13H10N4O. The number of fused-ring (bicyclic) bond motifs is 2. The lowest BCUT2D eigenvalue weighted by molar-refractivity contribution is 0.853. The number of aryl methyl sites for hydroxylation is 2. The van der Waals surface area contributed by atoms with E-state index in [0.29, 0.717) is 11.0 Å². The van der Waals surface area contributed by atoms with Crippen LogP contribution >= 0.6 is 0 Å². The number of nitrogens with zero attached hydrogens (tertiary/aromatic N) is 4. The fraction of sp³-hybridized carbons (Fsp3) is 0.154. The molecule has 5 heteroatoms. The molecule has 0 radical (unpaired) electrons. The minimum Gasteiger partial charge on any atom is -0.328 e. The van der Waals surface area contributed by atoms with Crippen molar-refractivity contribution < 1.29 is 0 Å². The molecule has 0 bridgehead atoms. The molecule has 0 N–H and O–H groups in total. The van der Waals surface area contributed by atoms with Crippen molar-refractivity contribution in [3.63, 3.8) is 0 Å². The Morgan fingerprint density at radius 2 is 2.11 bits per heavy atom. The van der Waals surface area contributed by atoms with Gasteiger partial charge in [-0.05, 0) is 19.1 Å². The Morgan fingerprint density at radius 3 is 2.83 bits per heavy atom. The van der Waals surface area contributed by atoms with Crippen LogP contribution in [-0.4, -0.2) is 14.2 Å². The van der Waals surface area contributed by atoms with Gasteiger partial charge >= 0.3 is 0 Å². The van der Waals surface area contributed by atoms with Gasteiger partial charge in [-0.3, -0.25) is 4.79 Å². The van der Waals surface area contributed by atoms with E-state index < -0.39 is 0 Å². The maximum atomic E-state index is 12.3. The van der Waals surface area contributed by atoms with Gasteiger partial charge in [-0.15, -0.1) is 0 Å². The minimum absolute atomic E-state index is 0.191. The molecule has 0 aliphatic heterocycles. The van der Waals surface area contributed by atoms with Crippen LogP contribution in [0.4, 0.5) is 0 Å². The molecule has 0 aliphatic rings. The lowest BCUT2D eigenvalue weighted by Crippen LogP contribution is -2.18. The molecule has 0 aliphatic carbocycles. The lowest BCUT2D eigenvalue weighted by atomic mass is 10.1. The zero-order valence-electron chi connectivity index (χ0n) is 10.0. The highest BCUT2D eigenvalue weighted by molar-refractivity contribution is 5.81. The summed E-state index contributed by atoms with van der Waals surface area (Å²) in [7, 11) is 1.86. The number of hydrogen-bond acceptors (Lipinski definition) is 3. The molecule has 0 atom stereocenters. The van der Waals surface area contributed by atoms with E-state index in [1.165, 1.54) is 4.52 Å². The fourth-order valence-electron chi connectivity index (χ4n) is 2.17. The Kier molecular flexibility index (Phi) is 2.01. The Labute approximate surface area is 102 Å². The van der Waals surface area contributed by atoms with Crippen LogP contribution in [0.2, 0.25) is 0 Å². The SMILES string of the molecule is Cc1ccc2c(c1)c(=O)n1nc(C#N)cc1n2C. The van der Waals surface area contributed by atoms with Gasteiger partial charge in [-0.25, -0.2) is 0 Å². The Morgan fingerprint density at radius 1 is 1.33 bits per heavy atom. The van der Waals surface area contributed by atoms with Crippen molar-refractivity contribution in [2.45, 2.75) is 6.92 Å². The monoisotopic (exact) mass is 238 g/mol. The minimum atomic E-state index is -0.191. The molecule has 0 amide bonds. The number of benzene rings is 1. The first-order chi connectivity index (χ1) is 8.61. The summed E-state index contributed by atoms with van der Waals surface area (Å²) >= 11 is 0. The number of hydrogen-bond donors (Lipinski definition) is 0. The van der Waals surface area contributed by atoms with Crippen molar-refractivity contribution in [3.05, 3.63) is 45.9 Å². The van der Waals surface area contributed by atoms with Crippen molar-refractivity contribution in [2.24, 2.45) is 7.05 Å². The summed E-state index contributed by atoms with van der Waals surface area (Å²) < 4.78 is 3.14. The summed E-state index contributed by atoms with van der Waals surface area (Å²) in [5, 5.41) is 13.5. The molecule has 18 heavy (non-hydrogen) atoms. The molecule has 2 heterocycles. The summed E-state index contributed by atoms with van der Waals surface area (Å²) in [6.45, 7) is 1.94. The van der Waals surface area contributed by atoms with Crippen LogP contribution in [0, 0.1) is 18.3 Å². The maximum absolute atomic E-state index is 12.3. The summed E-state index contributed by atoms with van der Waals surface area (Å²) in [6, 6.07) is 9.27. The van der Waals surface area contributed by atoms with Crippen LogP contribution < -0.4 is 5.56 Å². The third kappa shape index (κ3) is 1.26. The van der Waals surface area contributed by atoms with Crippen LogP contribution in [0.1, 0.15) is 11.3 Å². The van der Waals surface area contributed by atoms with Crippen LogP contribution in [0.3, 0.4) is 0 Å². The van der Waals surface area contributed by atoms with Gasteiger partial charge in [-0.1, -0.05) is 11.6 Å². The van der Waals surface area contributed by atoms with E-state index in [2.05, 4.69) is 5.10 Å². The second-order valence-electron chi connectivity index (χ2n) is 4.30. The van der Waals surface area contributed by atoms with Crippen LogP contribution in [0.5, 0.6) is 0 Å². The van der Waals surface area contributed by atoms with Crippen molar-refractivity contribution in [1.82, 2.24) is 14.2 Å². The summed E-state index contributed by atoms with van der Waals surface area (Å²) in [4.78, 5) is 12.3. The zero-order valence-corrected chi connectivity index (χ0v) is 10.0. The van der Waals surface area contributed by atoms with Gasteiger partial charge in [0.25, 0.3) is 5.56 Å². The van der Waals surface area contributed by atoms with Crippen molar-refractivity contribution in [3.8, 4) is 6.07 Å². The van der Waals surface area contributed by atoms with Crippen LogP contribution in [0.25, 0.3) is 16.6 Å². The van der Waals surface area contributed by atoms with E-state index in [4.69, 9.17) is 5.26 Å². The Hall–Kier alpha value is -2.61. The molecule has 3 aromatic rings. The Balaban J connectivity index is 2.63. The average Bonchev–Trinajstić information content (AvgIpc) is 2.80. The van der Waals surface area contributed by atoms with Crippen LogP contribution in [-0.2, 0) is 7.05 Å². The van der Waals surface area contributed by atoms with Gasteiger partial charge in [0.2, 0.25) is 0 Å². The van der Waals surface area contributed by atoms with E-state index >= 15 is 0 Å². The van der Waals surface area contributed by atoms with Gasteiger partial charge in [0, 0.05) is 13.1 Å². The van der Waals surface area contributed by atoms with Gasteiger partial charge in [0.1, 0.15) is 11.7 Å². The van der Waals surface area contributed by atoms with E-state index in [-0.39, 0.29) is 11.3 Å². The first-order valence-electron chi connectivity index (χ1n) is 5.51. The zero-order chi connectivity index (χ0) is 12.9. The highest BCUT2D eigenvalue weighted by Crippen LogP contribution is 2.15. The first kappa shape index (κ1) is 10.5. The lowest BCUT2D eigenvalue weighted by Gasteiger charge is -2.07. The van der Waals surface area contributed by atoms with E-state index in [1.54, 1.807) is 6.07 Å². The normalized spacial score (nSPS) is 10.9. The predicted molar refractivity (Wildman–Crippen MR) is 67.4 cm³/mol. The second-order valence-corrected chi connectivity index (χ2v) is 4.30. The van der Waals surface area contributed by atoms with Crippen LogP contribution in [0.15, 0.2) is 29.1 Å². The van der Waals surface area contributed by atoms with Gasteiger partial charge in [0.05, 0.1) is 10.9 Å². The van der Waals surface area contributed by atoms with Crippen molar-refractivity contribution >= 4 is 16.6 Å². The maximum Gasteiger partial charge on any atom is 0.282 e. The van der Waals surface area contributed by atoms with Gasteiger partial charge in [-0.2, -0.15) is 14.9 Å². The quantitative estimate of drug-likeness (QED) is 0.594. The highest BCUT2D eigenvalue weighted by Gasteiger charge is 2.11. The third-order valence-corrected chi connectivity index (χ3v) is 3.08. The second kappa shape index (κ2) is 3.44. The molecule has 0 saturated heterocycles. The number of rotatable bonds is 0. The highest BCUT2D eigenvalue weighted by atomic mass is 16.1. The molecule has 1 aromatic carbocycles. The predicted octanol–water partition coefficient (Wildman–Crippen LogP) is 1.37. The largest absolute Gasteiger partial charge is 0.328 e. The van der Waals surface area contributed by atoms with Crippen molar-refractivity contribution in [1.29, 1.82) is 5.26 Å². The van der Waals surface area contributed by atoms with E-state index in [0.717, 1.165) is 11.1 Å². The average molecular weight is 238 g/mol. The molecule has 0 spiro atoms. The molecule has 0 fully saturated rings. The molecule has 5 nitrogen and oxygen atoms in total. The summed E-state index contributed by atoms with van der Waals surface area (Å²) in [6.07, 6.45) is 0. The molecule has 88 valence electrons. The Bertz CT molecular complexity index is 880. The third-order valence-electron chi connectivity index (χ3n) is 3.08. The van der Waals surface area contributed by atoms with Crippen molar-refractivity contribution in [2.75, 3.05) is 0 Å². The first-order valence-corrected chi connectivity index (χ1v) is 5.51. The molecule has 3 rings (SSSR count). The number of nitriles is 1. The van der Waals surface area contributed by atoms with E-state index in [9.17, 15) is 4.79 Å². The van der Waals surface area contributed by atoms with Gasteiger partial charge < -0.3 is 4.57 Å².